The van der Waals surface area contributed by atoms with E-state index in [2.05, 4.69) is 5.32 Å². The third kappa shape index (κ3) is 7.64. The van der Waals surface area contributed by atoms with Crippen molar-refractivity contribution >= 4 is 21.6 Å². The summed E-state index contributed by atoms with van der Waals surface area (Å²) in [5.41, 5.74) is 0.336. The number of sulfonamides is 1. The first-order valence-electron chi connectivity index (χ1n) is 11.3. The van der Waals surface area contributed by atoms with Crippen molar-refractivity contribution in [2.24, 2.45) is 0 Å². The molecule has 0 radical (unpaired) electrons. The van der Waals surface area contributed by atoms with Gasteiger partial charge in [-0.3, -0.25) is 4.79 Å². The Balaban J connectivity index is 1.99. The largest absolute Gasteiger partial charge is 0.494 e. The van der Waals surface area contributed by atoms with Crippen LogP contribution in [0.15, 0.2) is 47.4 Å². The summed E-state index contributed by atoms with van der Waals surface area (Å²) >= 11 is 0. The molecule has 9 heteroatoms. The van der Waals surface area contributed by atoms with E-state index in [4.69, 9.17) is 14.2 Å². The Morgan fingerprint density at radius 3 is 2.06 bits per heavy atom. The third-order valence-electron chi connectivity index (χ3n) is 4.82. The summed E-state index contributed by atoms with van der Waals surface area (Å²) in [6, 6.07) is 11.8. The highest BCUT2D eigenvalue weighted by atomic mass is 32.2. The molecule has 1 N–H and O–H groups in total. The number of ether oxygens (including phenoxy) is 3. The van der Waals surface area contributed by atoms with Crippen molar-refractivity contribution in [1.29, 1.82) is 0 Å². The van der Waals surface area contributed by atoms with E-state index < -0.39 is 10.0 Å². The van der Waals surface area contributed by atoms with Crippen LogP contribution < -0.4 is 19.5 Å². The fraction of sp³-hybridized carbons (Fsp3) is 0.458. The van der Waals surface area contributed by atoms with E-state index in [1.54, 1.807) is 19.9 Å². The molecule has 0 atom stereocenters. The predicted octanol–water partition coefficient (Wildman–Crippen LogP) is 4.31. The molecule has 0 aromatic heterocycles. The van der Waals surface area contributed by atoms with Gasteiger partial charge in [0, 0.05) is 19.5 Å². The number of nitrogens with one attached hydrogen (secondary N) is 1. The summed E-state index contributed by atoms with van der Waals surface area (Å²) in [6.07, 6.45) is 0.718. The van der Waals surface area contributed by atoms with E-state index in [1.165, 1.54) is 16.4 Å². The maximum Gasteiger partial charge on any atom is 0.243 e. The number of nitrogens with zero attached hydrogens (tertiary/aromatic N) is 1. The number of hydrogen-bond acceptors (Lipinski definition) is 6. The highest BCUT2D eigenvalue weighted by molar-refractivity contribution is 7.89. The van der Waals surface area contributed by atoms with Gasteiger partial charge in [0.05, 0.1) is 30.4 Å². The van der Waals surface area contributed by atoms with Crippen LogP contribution in [0.1, 0.15) is 40.5 Å². The Kier molecular flexibility index (Phi) is 10.5. The van der Waals surface area contributed by atoms with Gasteiger partial charge in [0.25, 0.3) is 0 Å². The smallest absolute Gasteiger partial charge is 0.243 e. The quantitative estimate of drug-likeness (QED) is 0.407. The lowest BCUT2D eigenvalue weighted by molar-refractivity contribution is -0.116. The van der Waals surface area contributed by atoms with Gasteiger partial charge in [-0.05, 0) is 62.7 Å². The van der Waals surface area contributed by atoms with Crippen LogP contribution in [0.5, 0.6) is 17.2 Å². The highest BCUT2D eigenvalue weighted by Gasteiger charge is 2.23. The summed E-state index contributed by atoms with van der Waals surface area (Å²) < 4.78 is 43.7. The minimum absolute atomic E-state index is 0.115. The van der Waals surface area contributed by atoms with Gasteiger partial charge in [-0.1, -0.05) is 13.8 Å². The molecular formula is C24H34N2O6S. The molecule has 2 aromatic rings. The molecule has 0 spiro atoms. The molecule has 8 nitrogen and oxygen atoms in total. The Labute approximate surface area is 196 Å². The second-order valence-corrected chi connectivity index (χ2v) is 9.02. The van der Waals surface area contributed by atoms with Crippen molar-refractivity contribution in [3.8, 4) is 17.2 Å². The van der Waals surface area contributed by atoms with Crippen molar-refractivity contribution in [2.45, 2.75) is 45.4 Å². The maximum absolute atomic E-state index is 12.9. The summed E-state index contributed by atoms with van der Waals surface area (Å²) in [6.45, 7) is 9.41. The number of carbonyl (C=O) groups is 1. The topological polar surface area (TPSA) is 94.2 Å². The van der Waals surface area contributed by atoms with Gasteiger partial charge < -0.3 is 19.5 Å². The van der Waals surface area contributed by atoms with E-state index >= 15 is 0 Å². The predicted molar refractivity (Wildman–Crippen MR) is 129 cm³/mol. The van der Waals surface area contributed by atoms with Gasteiger partial charge in [0.1, 0.15) is 17.2 Å². The molecule has 0 aliphatic carbocycles. The molecule has 0 saturated carbocycles. The third-order valence-corrected chi connectivity index (χ3v) is 6.87. The minimum atomic E-state index is -3.65. The van der Waals surface area contributed by atoms with E-state index in [-0.39, 0.29) is 17.2 Å². The Morgan fingerprint density at radius 2 is 1.48 bits per heavy atom. The van der Waals surface area contributed by atoms with Crippen molar-refractivity contribution in [3.63, 3.8) is 0 Å². The van der Waals surface area contributed by atoms with Crippen LogP contribution in [-0.2, 0) is 14.8 Å². The number of benzene rings is 2. The number of amides is 1. The zero-order valence-electron chi connectivity index (χ0n) is 19.8. The first-order chi connectivity index (χ1) is 15.8. The molecular weight excluding hydrogens is 444 g/mol. The lowest BCUT2D eigenvalue weighted by atomic mass is 10.2. The van der Waals surface area contributed by atoms with Crippen LogP contribution >= 0.6 is 0 Å². The van der Waals surface area contributed by atoms with Crippen LogP contribution in [0, 0.1) is 0 Å². The molecule has 0 unspecified atom stereocenters. The van der Waals surface area contributed by atoms with Gasteiger partial charge in [-0.2, -0.15) is 4.31 Å². The first kappa shape index (κ1) is 26.5. The fourth-order valence-corrected chi connectivity index (χ4v) is 4.68. The van der Waals surface area contributed by atoms with E-state index in [0.29, 0.717) is 56.5 Å². The maximum atomic E-state index is 12.9. The van der Waals surface area contributed by atoms with Crippen LogP contribution in [0.25, 0.3) is 0 Å². The van der Waals surface area contributed by atoms with E-state index in [0.717, 1.165) is 5.75 Å². The zero-order chi connectivity index (χ0) is 24.3. The Bertz CT molecular complexity index is 989. The minimum Gasteiger partial charge on any atom is -0.494 e. The van der Waals surface area contributed by atoms with Crippen LogP contribution in [0.3, 0.4) is 0 Å². The standard InChI is InChI=1S/C24H34N2O6S/c1-5-26(6-2)33(28,29)21-15-16-23(31-8-4)22(18-21)25-24(27)10-9-17-32-20-13-11-19(12-14-20)30-7-3/h11-16,18H,5-10,17H2,1-4H3,(H,25,27). The summed E-state index contributed by atoms with van der Waals surface area (Å²) in [5, 5.41) is 2.78. The monoisotopic (exact) mass is 478 g/mol. The van der Waals surface area contributed by atoms with Crippen LogP contribution in [0.2, 0.25) is 0 Å². The first-order valence-corrected chi connectivity index (χ1v) is 12.7. The average molecular weight is 479 g/mol. The summed E-state index contributed by atoms with van der Waals surface area (Å²) in [7, 11) is -3.65. The van der Waals surface area contributed by atoms with E-state index in [1.807, 2.05) is 38.1 Å². The SMILES string of the molecule is CCOc1ccc(OCCCC(=O)Nc2cc(S(=O)(=O)N(CC)CC)ccc2OCC)cc1. The van der Waals surface area contributed by atoms with Gasteiger partial charge in [-0.15, -0.1) is 0 Å². The summed E-state index contributed by atoms with van der Waals surface area (Å²) in [5.74, 6) is 1.66. The zero-order valence-corrected chi connectivity index (χ0v) is 20.6. The molecule has 1 amide bonds. The average Bonchev–Trinajstić information content (AvgIpc) is 2.80. The number of hydrogen-bond donors (Lipinski definition) is 1. The van der Waals surface area contributed by atoms with Crippen molar-refractivity contribution < 1.29 is 27.4 Å². The van der Waals surface area contributed by atoms with Gasteiger partial charge in [0.15, 0.2) is 0 Å². The lowest BCUT2D eigenvalue weighted by Crippen LogP contribution is -2.30. The highest BCUT2D eigenvalue weighted by Crippen LogP contribution is 2.29. The van der Waals surface area contributed by atoms with E-state index in [9.17, 15) is 13.2 Å². The van der Waals surface area contributed by atoms with Crippen molar-refractivity contribution in [3.05, 3.63) is 42.5 Å². The van der Waals surface area contributed by atoms with Crippen LogP contribution in [0.4, 0.5) is 5.69 Å². The fourth-order valence-electron chi connectivity index (χ4n) is 3.20. The molecule has 182 valence electrons. The van der Waals surface area contributed by atoms with Gasteiger partial charge >= 0.3 is 0 Å². The molecule has 0 bridgehead atoms. The normalized spacial score (nSPS) is 11.3. The molecule has 33 heavy (non-hydrogen) atoms. The van der Waals surface area contributed by atoms with Crippen LogP contribution in [-0.4, -0.2) is 51.5 Å². The lowest BCUT2D eigenvalue weighted by Gasteiger charge is -2.20. The van der Waals surface area contributed by atoms with Crippen molar-refractivity contribution in [1.82, 2.24) is 4.31 Å². The van der Waals surface area contributed by atoms with Crippen molar-refractivity contribution in [2.75, 3.05) is 38.2 Å². The van der Waals surface area contributed by atoms with Gasteiger partial charge in [0.2, 0.25) is 15.9 Å². The molecule has 2 aromatic carbocycles. The summed E-state index contributed by atoms with van der Waals surface area (Å²) in [4.78, 5) is 12.6. The number of carbonyl (C=O) groups excluding carboxylic acids is 1. The number of anilines is 1. The molecule has 0 saturated heterocycles. The molecule has 2 rings (SSSR count). The molecule has 0 fully saturated rings. The molecule has 0 aliphatic heterocycles. The van der Waals surface area contributed by atoms with Gasteiger partial charge in [-0.25, -0.2) is 8.42 Å². The second-order valence-electron chi connectivity index (χ2n) is 7.08. The second kappa shape index (κ2) is 13.1. The molecule has 0 aliphatic rings. The Morgan fingerprint density at radius 1 is 0.879 bits per heavy atom. The molecule has 0 heterocycles. The Hall–Kier alpha value is -2.78. The number of rotatable bonds is 14.